The van der Waals surface area contributed by atoms with Crippen molar-refractivity contribution in [3.05, 3.63) is 42.2 Å². The molecular formula is C20H23N5O4. The van der Waals surface area contributed by atoms with Crippen LogP contribution in [0.1, 0.15) is 10.5 Å². The molecule has 0 aliphatic carbocycles. The van der Waals surface area contributed by atoms with E-state index in [0.29, 0.717) is 23.1 Å². The highest BCUT2D eigenvalue weighted by Gasteiger charge is 2.16. The lowest BCUT2D eigenvalue weighted by Crippen LogP contribution is -2.39. The van der Waals surface area contributed by atoms with Crippen LogP contribution in [-0.4, -0.2) is 69.9 Å². The topological polar surface area (TPSA) is 102 Å². The van der Waals surface area contributed by atoms with Crippen LogP contribution >= 0.6 is 0 Å². The van der Waals surface area contributed by atoms with Gasteiger partial charge in [-0.2, -0.15) is 4.98 Å². The number of carboxylic acid groups (broad SMARTS) is 1. The number of carboxylic acids is 1. The first-order valence-corrected chi connectivity index (χ1v) is 9.48. The third-order valence-electron chi connectivity index (χ3n) is 4.90. The summed E-state index contributed by atoms with van der Waals surface area (Å²) in [7, 11) is 1.71. The monoisotopic (exact) mass is 397 g/mol. The summed E-state index contributed by atoms with van der Waals surface area (Å²) < 4.78 is 12.9. The summed E-state index contributed by atoms with van der Waals surface area (Å²) >= 11 is 0. The van der Waals surface area contributed by atoms with E-state index in [-0.39, 0.29) is 5.69 Å². The van der Waals surface area contributed by atoms with Gasteiger partial charge in [-0.25, -0.2) is 9.78 Å². The summed E-state index contributed by atoms with van der Waals surface area (Å²) in [6.45, 7) is 5.02. The fraction of sp³-hybridized carbons (Fsp3) is 0.350. The molecule has 9 heteroatoms. The predicted octanol–water partition coefficient (Wildman–Crippen LogP) is 2.20. The van der Waals surface area contributed by atoms with Gasteiger partial charge in [0.25, 0.3) is 0 Å². The number of carbonyl (C=O) groups is 1. The molecule has 0 unspecified atom stereocenters. The van der Waals surface area contributed by atoms with Gasteiger partial charge < -0.3 is 24.5 Å². The Morgan fingerprint density at radius 2 is 2.14 bits per heavy atom. The summed E-state index contributed by atoms with van der Waals surface area (Å²) in [5.74, 6) is 0.430. The van der Waals surface area contributed by atoms with Gasteiger partial charge in [0, 0.05) is 50.9 Å². The SMILES string of the molecule is Cn1c(C(=O)O)cc2cccc(Oc3ccnc(NCCN4CCOCC4)n3)c21. The number of rotatable bonds is 7. The number of fused-ring (bicyclic) bond motifs is 1. The van der Waals surface area contributed by atoms with Crippen LogP contribution in [-0.2, 0) is 11.8 Å². The van der Waals surface area contributed by atoms with Gasteiger partial charge in [-0.1, -0.05) is 12.1 Å². The van der Waals surface area contributed by atoms with Gasteiger partial charge in [0.2, 0.25) is 11.8 Å². The van der Waals surface area contributed by atoms with Crippen LogP contribution in [0.2, 0.25) is 0 Å². The third kappa shape index (κ3) is 4.30. The van der Waals surface area contributed by atoms with Crippen LogP contribution in [0.5, 0.6) is 11.6 Å². The normalized spacial score (nSPS) is 14.8. The maximum absolute atomic E-state index is 11.4. The van der Waals surface area contributed by atoms with Crippen molar-refractivity contribution in [1.82, 2.24) is 19.4 Å². The molecule has 152 valence electrons. The number of hydrogen-bond donors (Lipinski definition) is 2. The lowest BCUT2D eigenvalue weighted by atomic mass is 10.2. The lowest BCUT2D eigenvalue weighted by molar-refractivity contribution is 0.0398. The van der Waals surface area contributed by atoms with E-state index >= 15 is 0 Å². The molecule has 1 aliphatic rings. The number of aromatic carboxylic acids is 1. The quantitative estimate of drug-likeness (QED) is 0.626. The van der Waals surface area contributed by atoms with Crippen molar-refractivity contribution in [2.24, 2.45) is 7.05 Å². The molecule has 0 atom stereocenters. The lowest BCUT2D eigenvalue weighted by Gasteiger charge is -2.26. The maximum Gasteiger partial charge on any atom is 0.352 e. The van der Waals surface area contributed by atoms with E-state index in [1.165, 1.54) is 0 Å². The second-order valence-corrected chi connectivity index (χ2v) is 6.79. The fourth-order valence-corrected chi connectivity index (χ4v) is 3.41. The number of morpholine rings is 1. The van der Waals surface area contributed by atoms with E-state index < -0.39 is 5.97 Å². The van der Waals surface area contributed by atoms with Gasteiger partial charge in [0.15, 0.2) is 5.75 Å². The minimum absolute atomic E-state index is 0.198. The Bertz CT molecular complexity index is 1010. The minimum Gasteiger partial charge on any atom is -0.477 e. The average Bonchev–Trinajstić information content (AvgIpc) is 3.07. The smallest absolute Gasteiger partial charge is 0.352 e. The van der Waals surface area contributed by atoms with E-state index in [1.807, 2.05) is 12.1 Å². The highest BCUT2D eigenvalue weighted by Crippen LogP contribution is 2.31. The predicted molar refractivity (Wildman–Crippen MR) is 108 cm³/mol. The Morgan fingerprint density at radius 1 is 1.31 bits per heavy atom. The van der Waals surface area contributed by atoms with Gasteiger partial charge in [-0.3, -0.25) is 4.90 Å². The van der Waals surface area contributed by atoms with Crippen molar-refractivity contribution in [2.75, 3.05) is 44.7 Å². The van der Waals surface area contributed by atoms with Crippen LogP contribution in [0.25, 0.3) is 10.9 Å². The summed E-state index contributed by atoms with van der Waals surface area (Å²) in [6, 6.07) is 8.77. The number of ether oxygens (including phenoxy) is 2. The molecule has 1 aliphatic heterocycles. The number of para-hydroxylation sites is 1. The van der Waals surface area contributed by atoms with Crippen molar-refractivity contribution >= 4 is 22.8 Å². The largest absolute Gasteiger partial charge is 0.477 e. The van der Waals surface area contributed by atoms with Crippen LogP contribution in [0.4, 0.5) is 5.95 Å². The van der Waals surface area contributed by atoms with E-state index in [2.05, 4.69) is 20.2 Å². The summed E-state index contributed by atoms with van der Waals surface area (Å²) in [5.41, 5.74) is 0.898. The molecular weight excluding hydrogens is 374 g/mol. The highest BCUT2D eigenvalue weighted by molar-refractivity contribution is 5.96. The molecule has 4 rings (SSSR count). The highest BCUT2D eigenvalue weighted by atomic mass is 16.5. The van der Waals surface area contributed by atoms with E-state index in [4.69, 9.17) is 9.47 Å². The minimum atomic E-state index is -0.983. The molecule has 0 saturated carbocycles. The first-order chi connectivity index (χ1) is 14.1. The molecule has 9 nitrogen and oxygen atoms in total. The van der Waals surface area contributed by atoms with Gasteiger partial charge in [-0.15, -0.1) is 0 Å². The molecule has 1 aromatic carbocycles. The number of anilines is 1. The van der Waals surface area contributed by atoms with Crippen molar-refractivity contribution in [1.29, 1.82) is 0 Å². The molecule has 1 saturated heterocycles. The zero-order valence-electron chi connectivity index (χ0n) is 16.2. The maximum atomic E-state index is 11.4. The Hall–Kier alpha value is -3.17. The van der Waals surface area contributed by atoms with Crippen molar-refractivity contribution in [3.8, 4) is 11.6 Å². The van der Waals surface area contributed by atoms with Crippen molar-refractivity contribution in [2.45, 2.75) is 0 Å². The molecule has 3 aromatic rings. The van der Waals surface area contributed by atoms with Crippen LogP contribution in [0.3, 0.4) is 0 Å². The molecule has 0 radical (unpaired) electrons. The zero-order valence-corrected chi connectivity index (χ0v) is 16.2. The van der Waals surface area contributed by atoms with E-state index in [1.54, 1.807) is 36.0 Å². The molecule has 29 heavy (non-hydrogen) atoms. The summed E-state index contributed by atoms with van der Waals surface area (Å²) in [4.78, 5) is 22.4. The summed E-state index contributed by atoms with van der Waals surface area (Å²) in [6.07, 6.45) is 1.63. The molecule has 3 heterocycles. The Morgan fingerprint density at radius 3 is 2.93 bits per heavy atom. The molecule has 0 bridgehead atoms. The Balaban J connectivity index is 1.47. The first kappa shape index (κ1) is 19.2. The van der Waals surface area contributed by atoms with Gasteiger partial charge in [-0.05, 0) is 12.1 Å². The van der Waals surface area contributed by atoms with Crippen LogP contribution in [0.15, 0.2) is 36.5 Å². The van der Waals surface area contributed by atoms with E-state index in [0.717, 1.165) is 44.8 Å². The van der Waals surface area contributed by atoms with Gasteiger partial charge in [0.1, 0.15) is 5.69 Å². The second kappa shape index (κ2) is 8.46. The number of aryl methyl sites for hydroxylation is 1. The van der Waals surface area contributed by atoms with Crippen molar-refractivity contribution < 1.29 is 19.4 Å². The Kier molecular flexibility index (Phi) is 5.59. The standard InChI is InChI=1S/C20H23N5O4/c1-24-15(19(26)27)13-14-3-2-4-16(18(14)24)29-17-5-6-21-20(23-17)22-7-8-25-9-11-28-12-10-25/h2-6,13H,7-12H2,1H3,(H,26,27)(H,21,22,23). The molecule has 2 N–H and O–H groups in total. The first-order valence-electron chi connectivity index (χ1n) is 9.48. The molecule has 0 amide bonds. The number of nitrogens with one attached hydrogen (secondary N) is 1. The average molecular weight is 397 g/mol. The number of hydrogen-bond acceptors (Lipinski definition) is 7. The Labute approximate surface area is 167 Å². The van der Waals surface area contributed by atoms with Gasteiger partial charge >= 0.3 is 5.97 Å². The third-order valence-corrected chi connectivity index (χ3v) is 4.90. The zero-order chi connectivity index (χ0) is 20.2. The number of nitrogens with zero attached hydrogens (tertiary/aromatic N) is 4. The second-order valence-electron chi connectivity index (χ2n) is 6.79. The van der Waals surface area contributed by atoms with Gasteiger partial charge in [0.05, 0.1) is 18.7 Å². The molecule has 2 aromatic heterocycles. The van der Waals surface area contributed by atoms with Crippen LogP contribution in [0, 0.1) is 0 Å². The van der Waals surface area contributed by atoms with E-state index in [9.17, 15) is 9.90 Å². The van der Waals surface area contributed by atoms with Crippen LogP contribution < -0.4 is 10.1 Å². The van der Waals surface area contributed by atoms with Crippen molar-refractivity contribution in [3.63, 3.8) is 0 Å². The fourth-order valence-electron chi connectivity index (χ4n) is 3.41. The number of aromatic nitrogens is 3. The molecule has 1 fully saturated rings. The summed E-state index contributed by atoms with van der Waals surface area (Å²) in [5, 5.41) is 13.4. The number of benzene rings is 1. The molecule has 0 spiro atoms.